The van der Waals surface area contributed by atoms with Crippen molar-refractivity contribution in [2.75, 3.05) is 20.0 Å². The summed E-state index contributed by atoms with van der Waals surface area (Å²) in [6.07, 6.45) is 0. The Labute approximate surface area is 50.6 Å². The van der Waals surface area contributed by atoms with Gasteiger partial charge in [-0.15, -0.1) is 0 Å². The Morgan fingerprint density at radius 2 is 1.75 bits per heavy atom. The summed E-state index contributed by atoms with van der Waals surface area (Å²) in [4.78, 5) is 10.3. The van der Waals surface area contributed by atoms with Gasteiger partial charge in [-0.1, -0.05) is 0 Å². The predicted molar refractivity (Wildman–Crippen MR) is 36.5 cm³/mol. The van der Waals surface area contributed by atoms with Gasteiger partial charge in [0.1, 0.15) is 0 Å². The molecule has 0 N–H and O–H groups in total. The summed E-state index contributed by atoms with van der Waals surface area (Å²) in [7, 11) is -1.32. The van der Waals surface area contributed by atoms with Gasteiger partial charge in [0.05, 0.1) is 20.0 Å². The molecule has 0 aromatic rings. The van der Waals surface area contributed by atoms with Crippen LogP contribution in [0.25, 0.3) is 0 Å². The van der Waals surface area contributed by atoms with Gasteiger partial charge < -0.3 is 4.52 Å². The van der Waals surface area contributed by atoms with Crippen molar-refractivity contribution in [3.63, 3.8) is 0 Å². The second-order valence-electron chi connectivity index (χ2n) is 2.47. The lowest BCUT2D eigenvalue weighted by Crippen LogP contribution is -1.98. The standard InChI is InChI=1S/C5H12O2P/c1-5(6)7-8(2,3)4/h1-4H3/q+1. The zero-order valence-electron chi connectivity index (χ0n) is 5.76. The molecule has 0 amide bonds. The zero-order valence-corrected chi connectivity index (χ0v) is 6.66. The summed E-state index contributed by atoms with van der Waals surface area (Å²) in [6.45, 7) is 7.29. The Hall–Kier alpha value is -0.100. The minimum atomic E-state index is -1.32. The van der Waals surface area contributed by atoms with Crippen molar-refractivity contribution in [2.24, 2.45) is 0 Å². The van der Waals surface area contributed by atoms with Gasteiger partial charge in [0.15, 0.2) is 7.49 Å². The van der Waals surface area contributed by atoms with E-state index in [1.54, 1.807) is 0 Å². The van der Waals surface area contributed by atoms with E-state index in [2.05, 4.69) is 0 Å². The van der Waals surface area contributed by atoms with Gasteiger partial charge in [-0.05, 0) is 0 Å². The third-order valence-electron chi connectivity index (χ3n) is 0.402. The van der Waals surface area contributed by atoms with Crippen LogP contribution in [-0.2, 0) is 9.32 Å². The fourth-order valence-corrected chi connectivity index (χ4v) is 1.16. The summed E-state index contributed by atoms with van der Waals surface area (Å²) in [6, 6.07) is 0. The maximum absolute atomic E-state index is 10.3. The van der Waals surface area contributed by atoms with Crippen molar-refractivity contribution in [2.45, 2.75) is 6.92 Å². The molecule has 2 nitrogen and oxygen atoms in total. The molecule has 0 radical (unpaired) electrons. The monoisotopic (exact) mass is 135 g/mol. The fourth-order valence-electron chi connectivity index (χ4n) is 0.386. The fraction of sp³-hybridized carbons (Fsp3) is 0.800. The van der Waals surface area contributed by atoms with E-state index in [0.717, 1.165) is 0 Å². The Morgan fingerprint density at radius 3 is 1.75 bits per heavy atom. The first-order valence-electron chi connectivity index (χ1n) is 2.43. The highest BCUT2D eigenvalue weighted by molar-refractivity contribution is 7.69. The molecule has 0 aromatic carbocycles. The first kappa shape index (κ1) is 7.90. The highest BCUT2D eigenvalue weighted by Gasteiger charge is 2.20. The lowest BCUT2D eigenvalue weighted by molar-refractivity contribution is -0.131. The molecule has 0 aliphatic heterocycles. The number of carbonyl (C=O) groups excluding carboxylic acids is 1. The molecule has 0 fully saturated rings. The molecule has 3 heteroatoms. The molecular formula is C5H12O2P+. The lowest BCUT2D eigenvalue weighted by Gasteiger charge is -2.07. The van der Waals surface area contributed by atoms with Crippen LogP contribution in [0, 0.1) is 0 Å². The second kappa shape index (κ2) is 2.45. The maximum Gasteiger partial charge on any atom is 0.346 e. The summed E-state index contributed by atoms with van der Waals surface area (Å²) in [5.74, 6) is -0.175. The van der Waals surface area contributed by atoms with E-state index >= 15 is 0 Å². The summed E-state index contributed by atoms with van der Waals surface area (Å²) >= 11 is 0. The van der Waals surface area contributed by atoms with E-state index in [0.29, 0.717) is 0 Å². The molecule has 0 aromatic heterocycles. The molecule has 0 unspecified atom stereocenters. The van der Waals surface area contributed by atoms with E-state index in [1.165, 1.54) is 6.92 Å². The molecule has 48 valence electrons. The quantitative estimate of drug-likeness (QED) is 0.507. The third kappa shape index (κ3) is 5.90. The van der Waals surface area contributed by atoms with E-state index < -0.39 is 7.49 Å². The van der Waals surface area contributed by atoms with E-state index in [9.17, 15) is 4.79 Å². The van der Waals surface area contributed by atoms with Crippen molar-refractivity contribution in [1.82, 2.24) is 0 Å². The summed E-state index contributed by atoms with van der Waals surface area (Å²) in [5, 5.41) is 0. The first-order valence-corrected chi connectivity index (χ1v) is 5.48. The van der Waals surface area contributed by atoms with Crippen molar-refractivity contribution in [3.05, 3.63) is 0 Å². The van der Waals surface area contributed by atoms with E-state index in [1.807, 2.05) is 20.0 Å². The van der Waals surface area contributed by atoms with Crippen LogP contribution in [0.1, 0.15) is 6.92 Å². The average Bonchev–Trinajstić information content (AvgIpc) is 1.21. The van der Waals surface area contributed by atoms with Gasteiger partial charge in [0, 0.05) is 6.92 Å². The van der Waals surface area contributed by atoms with Crippen LogP contribution in [0.4, 0.5) is 0 Å². The largest absolute Gasteiger partial charge is 0.346 e. The topological polar surface area (TPSA) is 26.3 Å². The van der Waals surface area contributed by atoms with Crippen molar-refractivity contribution >= 4 is 13.5 Å². The SMILES string of the molecule is CC(=O)O[P+](C)(C)C. The van der Waals surface area contributed by atoms with E-state index in [-0.39, 0.29) is 5.97 Å². The van der Waals surface area contributed by atoms with Crippen molar-refractivity contribution < 1.29 is 9.32 Å². The smallest absolute Gasteiger partial charge is 0.315 e. The van der Waals surface area contributed by atoms with Gasteiger partial charge in [0.2, 0.25) is 0 Å². The number of rotatable bonds is 1. The van der Waals surface area contributed by atoms with Crippen LogP contribution in [0.2, 0.25) is 0 Å². The Kier molecular flexibility index (Phi) is 2.42. The number of hydrogen-bond donors (Lipinski definition) is 0. The number of carbonyl (C=O) groups is 1. The Balaban J connectivity index is 3.55. The van der Waals surface area contributed by atoms with Gasteiger partial charge in [-0.3, -0.25) is 0 Å². The van der Waals surface area contributed by atoms with Gasteiger partial charge in [-0.2, -0.15) is 0 Å². The first-order chi connectivity index (χ1) is 3.42. The molecule has 0 saturated carbocycles. The van der Waals surface area contributed by atoms with Crippen LogP contribution < -0.4 is 0 Å². The molecule has 0 bridgehead atoms. The molecule has 0 saturated heterocycles. The lowest BCUT2D eigenvalue weighted by atomic mass is 10.9. The minimum absolute atomic E-state index is 0.175. The zero-order chi connectivity index (χ0) is 6.78. The summed E-state index contributed by atoms with van der Waals surface area (Å²) < 4.78 is 4.91. The van der Waals surface area contributed by atoms with Gasteiger partial charge in [0.25, 0.3) is 0 Å². The molecule has 0 atom stereocenters. The van der Waals surface area contributed by atoms with Crippen LogP contribution in [0.5, 0.6) is 0 Å². The number of hydrogen-bond acceptors (Lipinski definition) is 2. The van der Waals surface area contributed by atoms with Crippen LogP contribution in [0.3, 0.4) is 0 Å². The average molecular weight is 135 g/mol. The predicted octanol–water partition coefficient (Wildman–Crippen LogP) is 1.37. The molecule has 0 heterocycles. The maximum atomic E-state index is 10.3. The van der Waals surface area contributed by atoms with Crippen molar-refractivity contribution in [1.29, 1.82) is 0 Å². The van der Waals surface area contributed by atoms with Crippen LogP contribution in [0.15, 0.2) is 0 Å². The highest BCUT2D eigenvalue weighted by atomic mass is 31.2. The second-order valence-corrected chi connectivity index (χ2v) is 6.43. The molecule has 0 rings (SSSR count). The van der Waals surface area contributed by atoms with Crippen LogP contribution in [-0.4, -0.2) is 26.0 Å². The third-order valence-corrected chi connectivity index (χ3v) is 1.21. The van der Waals surface area contributed by atoms with Gasteiger partial charge >= 0.3 is 5.97 Å². The molecule has 0 aliphatic carbocycles. The molecular weight excluding hydrogens is 123 g/mol. The summed E-state index contributed by atoms with van der Waals surface area (Å²) in [5.41, 5.74) is 0. The minimum Gasteiger partial charge on any atom is -0.315 e. The van der Waals surface area contributed by atoms with E-state index in [4.69, 9.17) is 4.52 Å². The Bertz CT molecular complexity index is 93.1. The molecule has 8 heavy (non-hydrogen) atoms. The van der Waals surface area contributed by atoms with Crippen molar-refractivity contribution in [3.8, 4) is 0 Å². The molecule has 0 spiro atoms. The normalized spacial score (nSPS) is 11.0. The van der Waals surface area contributed by atoms with Gasteiger partial charge in [-0.25, -0.2) is 4.79 Å². The van der Waals surface area contributed by atoms with Crippen LogP contribution >= 0.6 is 7.49 Å². The Morgan fingerprint density at radius 1 is 1.38 bits per heavy atom. The highest BCUT2D eigenvalue weighted by Crippen LogP contribution is 2.47. The molecule has 0 aliphatic rings.